The van der Waals surface area contributed by atoms with Crippen molar-refractivity contribution in [3.8, 4) is 0 Å². The quantitative estimate of drug-likeness (QED) is 0.781. The number of hydrogen-bond acceptors (Lipinski definition) is 4. The van der Waals surface area contributed by atoms with Gasteiger partial charge in [-0.1, -0.05) is 42.5 Å². The number of aliphatic hydroxyl groups is 1. The Labute approximate surface area is 166 Å². The van der Waals surface area contributed by atoms with Crippen molar-refractivity contribution in [3.05, 3.63) is 20.3 Å². The molecule has 0 bridgehead atoms. The van der Waals surface area contributed by atoms with Gasteiger partial charge in [-0.3, -0.25) is 4.79 Å². The molecule has 0 radical (unpaired) electrons. The van der Waals surface area contributed by atoms with Gasteiger partial charge in [0.2, 0.25) is 5.91 Å². The maximum absolute atomic E-state index is 13.4. The van der Waals surface area contributed by atoms with E-state index in [-0.39, 0.29) is 19.0 Å². The van der Waals surface area contributed by atoms with Gasteiger partial charge in [-0.05, 0) is 12.8 Å². The summed E-state index contributed by atoms with van der Waals surface area (Å²) in [5, 5.41) is 22.5. The third kappa shape index (κ3) is 3.81. The van der Waals surface area contributed by atoms with Crippen LogP contribution in [-0.2, 0) is 4.79 Å². The first-order chi connectivity index (χ1) is 12.3. The summed E-state index contributed by atoms with van der Waals surface area (Å²) < 4.78 is 0.427. The molecule has 2 amide bonds. The standard InChI is InChI=1S/C17H22Cl2N2O4S/c18-11-10-26-14(19)12(11)13(17(25)4-2-1-3-5-17)15(22)20-6-8-21(9-7-20)16(23)24/h10,13,25H,1-9H2,(H,23,24). The smallest absolute Gasteiger partial charge is 0.407 e. The highest BCUT2D eigenvalue weighted by atomic mass is 35.5. The molecule has 26 heavy (non-hydrogen) atoms. The van der Waals surface area contributed by atoms with E-state index in [1.54, 1.807) is 10.3 Å². The first kappa shape index (κ1) is 19.7. The summed E-state index contributed by atoms with van der Waals surface area (Å²) in [6.07, 6.45) is 2.82. The summed E-state index contributed by atoms with van der Waals surface area (Å²) in [5.74, 6) is -1.04. The number of rotatable bonds is 3. The molecule has 2 N–H and O–H groups in total. The van der Waals surface area contributed by atoms with Crippen molar-refractivity contribution >= 4 is 46.5 Å². The fourth-order valence-electron chi connectivity index (χ4n) is 3.95. The summed E-state index contributed by atoms with van der Waals surface area (Å²) >= 11 is 13.9. The topological polar surface area (TPSA) is 81.1 Å². The van der Waals surface area contributed by atoms with Gasteiger partial charge in [-0.25, -0.2) is 4.79 Å². The van der Waals surface area contributed by atoms with Gasteiger partial charge >= 0.3 is 6.09 Å². The third-order valence-electron chi connectivity index (χ3n) is 5.39. The van der Waals surface area contributed by atoms with Crippen LogP contribution in [0.3, 0.4) is 0 Å². The second kappa shape index (κ2) is 7.92. The molecule has 2 aliphatic rings. The van der Waals surface area contributed by atoms with E-state index in [9.17, 15) is 14.7 Å². The average Bonchev–Trinajstić information content (AvgIpc) is 2.95. The fourth-order valence-corrected chi connectivity index (χ4v) is 5.43. The Hall–Kier alpha value is -1.02. The Kier molecular flexibility index (Phi) is 6.01. The number of amides is 2. The number of nitrogens with zero attached hydrogens (tertiary/aromatic N) is 2. The van der Waals surface area contributed by atoms with Crippen LogP contribution in [0.2, 0.25) is 9.36 Å². The number of carbonyl (C=O) groups excluding carboxylic acids is 1. The molecule has 2 heterocycles. The van der Waals surface area contributed by atoms with Gasteiger partial charge in [0.1, 0.15) is 0 Å². The molecule has 9 heteroatoms. The van der Waals surface area contributed by atoms with Crippen molar-refractivity contribution in [1.29, 1.82) is 0 Å². The molecule has 0 spiro atoms. The molecular formula is C17H22Cl2N2O4S. The first-order valence-corrected chi connectivity index (χ1v) is 10.4. The Balaban J connectivity index is 1.89. The van der Waals surface area contributed by atoms with Gasteiger partial charge in [0.15, 0.2) is 0 Å². The zero-order chi connectivity index (χ0) is 18.9. The largest absolute Gasteiger partial charge is 0.465 e. The van der Waals surface area contributed by atoms with Crippen molar-refractivity contribution in [1.82, 2.24) is 9.80 Å². The Morgan fingerprint density at radius 1 is 1.08 bits per heavy atom. The van der Waals surface area contributed by atoms with E-state index in [1.807, 2.05) is 0 Å². The molecule has 0 aromatic carbocycles. The highest BCUT2D eigenvalue weighted by molar-refractivity contribution is 7.15. The maximum Gasteiger partial charge on any atom is 0.407 e. The number of carbonyl (C=O) groups is 2. The molecule has 144 valence electrons. The molecule has 1 aliphatic heterocycles. The minimum Gasteiger partial charge on any atom is -0.465 e. The van der Waals surface area contributed by atoms with Crippen molar-refractivity contribution < 1.29 is 19.8 Å². The zero-order valence-electron chi connectivity index (χ0n) is 14.3. The van der Waals surface area contributed by atoms with E-state index in [0.29, 0.717) is 40.9 Å². The normalized spacial score (nSPS) is 21.5. The summed E-state index contributed by atoms with van der Waals surface area (Å²) in [5.41, 5.74) is -0.665. The van der Waals surface area contributed by atoms with Crippen molar-refractivity contribution in [2.75, 3.05) is 26.2 Å². The average molecular weight is 421 g/mol. The van der Waals surface area contributed by atoms with Crippen LogP contribution in [0.1, 0.15) is 43.6 Å². The van der Waals surface area contributed by atoms with E-state index in [4.69, 9.17) is 28.3 Å². The van der Waals surface area contributed by atoms with Crippen LogP contribution in [0.15, 0.2) is 5.38 Å². The minimum absolute atomic E-state index is 0.221. The van der Waals surface area contributed by atoms with E-state index in [0.717, 1.165) is 19.3 Å². The molecule has 1 atom stereocenters. The SMILES string of the molecule is O=C(O)N1CCN(C(=O)C(c2c(Cl)csc2Cl)C2(O)CCCCC2)CC1. The summed E-state index contributed by atoms with van der Waals surface area (Å²) in [6, 6.07) is 0. The van der Waals surface area contributed by atoms with E-state index in [2.05, 4.69) is 0 Å². The highest BCUT2D eigenvalue weighted by Gasteiger charge is 2.47. The molecule has 1 aromatic heterocycles. The number of carboxylic acid groups (broad SMARTS) is 1. The molecule has 6 nitrogen and oxygen atoms in total. The van der Waals surface area contributed by atoms with Gasteiger partial charge < -0.3 is 20.0 Å². The van der Waals surface area contributed by atoms with Crippen molar-refractivity contribution in [3.63, 3.8) is 0 Å². The van der Waals surface area contributed by atoms with E-state index < -0.39 is 17.6 Å². The fraction of sp³-hybridized carbons (Fsp3) is 0.647. The van der Waals surface area contributed by atoms with Gasteiger partial charge in [-0.15, -0.1) is 11.3 Å². The second-order valence-corrected chi connectivity index (χ2v) is 8.85. The summed E-state index contributed by atoms with van der Waals surface area (Å²) in [4.78, 5) is 27.4. The molecule has 1 aromatic rings. The molecule has 1 unspecified atom stereocenters. The molecule has 3 rings (SSSR count). The molecule has 2 fully saturated rings. The van der Waals surface area contributed by atoms with Crippen molar-refractivity contribution in [2.45, 2.75) is 43.6 Å². The van der Waals surface area contributed by atoms with E-state index in [1.165, 1.54) is 16.2 Å². The lowest BCUT2D eigenvalue weighted by Crippen LogP contribution is -2.54. The first-order valence-electron chi connectivity index (χ1n) is 8.75. The third-order valence-corrected chi connectivity index (χ3v) is 7.08. The van der Waals surface area contributed by atoms with E-state index >= 15 is 0 Å². The van der Waals surface area contributed by atoms with Gasteiger partial charge in [-0.2, -0.15) is 0 Å². The molecule has 1 aliphatic carbocycles. The molecule has 1 saturated carbocycles. The lowest BCUT2D eigenvalue weighted by Gasteiger charge is -2.42. The predicted molar refractivity (Wildman–Crippen MR) is 101 cm³/mol. The van der Waals surface area contributed by atoms with Crippen molar-refractivity contribution in [2.24, 2.45) is 0 Å². The minimum atomic E-state index is -1.17. The van der Waals surface area contributed by atoms with Gasteiger partial charge in [0, 0.05) is 37.1 Å². The van der Waals surface area contributed by atoms with Crippen LogP contribution in [0, 0.1) is 0 Å². The Bertz CT molecular complexity index is 663. The van der Waals surface area contributed by atoms with Crippen LogP contribution in [0.25, 0.3) is 0 Å². The zero-order valence-corrected chi connectivity index (χ0v) is 16.6. The lowest BCUT2D eigenvalue weighted by molar-refractivity contribution is -0.143. The van der Waals surface area contributed by atoms with Gasteiger partial charge in [0.05, 0.1) is 20.9 Å². The van der Waals surface area contributed by atoms with Gasteiger partial charge in [0.25, 0.3) is 0 Å². The van der Waals surface area contributed by atoms with Crippen LogP contribution in [0.4, 0.5) is 4.79 Å². The number of halogens is 2. The highest BCUT2D eigenvalue weighted by Crippen LogP contribution is 2.47. The van der Waals surface area contributed by atoms with Crippen LogP contribution in [-0.4, -0.2) is 63.8 Å². The van der Waals surface area contributed by atoms with Crippen LogP contribution >= 0.6 is 34.5 Å². The molecular weight excluding hydrogens is 399 g/mol. The number of hydrogen-bond donors (Lipinski definition) is 2. The second-order valence-electron chi connectivity index (χ2n) is 6.96. The monoisotopic (exact) mass is 420 g/mol. The summed E-state index contributed by atoms with van der Waals surface area (Å²) in [7, 11) is 0. The number of piperazine rings is 1. The number of thiophene rings is 1. The predicted octanol–water partition coefficient (Wildman–Crippen LogP) is 3.66. The molecule has 1 saturated heterocycles. The Morgan fingerprint density at radius 3 is 2.15 bits per heavy atom. The Morgan fingerprint density at radius 2 is 1.65 bits per heavy atom. The lowest BCUT2D eigenvalue weighted by atomic mass is 9.72. The summed E-state index contributed by atoms with van der Waals surface area (Å²) in [6.45, 7) is 1.13. The van der Waals surface area contributed by atoms with Crippen LogP contribution in [0.5, 0.6) is 0 Å². The maximum atomic E-state index is 13.4. The van der Waals surface area contributed by atoms with Crippen LogP contribution < -0.4 is 0 Å².